The minimum absolute atomic E-state index is 0.251. The zero-order valence-electron chi connectivity index (χ0n) is 10.1. The maximum atomic E-state index is 11.6. The van der Waals surface area contributed by atoms with Gasteiger partial charge < -0.3 is 10.4 Å². The zero-order valence-corrected chi connectivity index (χ0v) is 10.9. The van der Waals surface area contributed by atoms with Gasteiger partial charge in [-0.1, -0.05) is 0 Å². The number of hydrogen-bond acceptors (Lipinski definition) is 5. The fourth-order valence-corrected chi connectivity index (χ4v) is 1.67. The quantitative estimate of drug-likeness (QED) is 0.680. The van der Waals surface area contributed by atoms with Gasteiger partial charge in [0.1, 0.15) is 12.4 Å². The van der Waals surface area contributed by atoms with E-state index in [0.29, 0.717) is 12.2 Å². The predicted molar refractivity (Wildman–Crippen MR) is 67.6 cm³/mol. The third-order valence-corrected chi connectivity index (χ3v) is 2.79. The van der Waals surface area contributed by atoms with Gasteiger partial charge in [-0.2, -0.15) is 21.8 Å². The molecule has 0 radical (unpaired) electrons. The summed E-state index contributed by atoms with van der Waals surface area (Å²) in [5, 5.41) is 17.5. The van der Waals surface area contributed by atoms with Crippen LogP contribution in [-0.4, -0.2) is 49.9 Å². The van der Waals surface area contributed by atoms with Crippen LogP contribution >= 0.6 is 11.8 Å². The van der Waals surface area contributed by atoms with Crippen molar-refractivity contribution in [2.45, 2.75) is 12.5 Å². The molecule has 9 heteroatoms. The average Bonchev–Trinajstić information content (AvgIpc) is 2.70. The molecule has 1 atom stereocenters. The molecule has 2 amide bonds. The summed E-state index contributed by atoms with van der Waals surface area (Å²) < 4.78 is 1.37. The number of hydrogen-bond donors (Lipinski definition) is 3. The number of anilines is 1. The van der Waals surface area contributed by atoms with Gasteiger partial charge in [0.15, 0.2) is 0 Å². The number of carbonyl (C=O) groups is 2. The van der Waals surface area contributed by atoms with Gasteiger partial charge in [0.25, 0.3) is 0 Å². The number of aryl methyl sites for hydroxylation is 1. The summed E-state index contributed by atoms with van der Waals surface area (Å²) in [5.74, 6) is -0.153. The highest BCUT2D eigenvalue weighted by molar-refractivity contribution is 7.98. The Kier molecular flexibility index (Phi) is 5.43. The van der Waals surface area contributed by atoms with Crippen molar-refractivity contribution in [1.29, 1.82) is 0 Å². The predicted octanol–water partition coefficient (Wildman–Crippen LogP) is 0.143. The summed E-state index contributed by atoms with van der Waals surface area (Å²) in [7, 11) is 1.62. The summed E-state index contributed by atoms with van der Waals surface area (Å²) in [5.41, 5.74) is 0. The Balaban J connectivity index is 2.51. The fourth-order valence-electron chi connectivity index (χ4n) is 1.20. The van der Waals surface area contributed by atoms with Gasteiger partial charge in [-0.3, -0.25) is 5.32 Å². The molecule has 1 aromatic rings. The third-order valence-electron chi connectivity index (χ3n) is 2.15. The number of aromatic nitrogens is 3. The number of aliphatic carboxylic acids is 1. The largest absolute Gasteiger partial charge is 0.480 e. The molecule has 0 unspecified atom stereocenters. The molecule has 0 spiro atoms. The van der Waals surface area contributed by atoms with E-state index in [0.717, 1.165) is 0 Å². The topological polar surface area (TPSA) is 109 Å². The van der Waals surface area contributed by atoms with E-state index in [1.54, 1.807) is 7.05 Å². The van der Waals surface area contributed by atoms with Crippen molar-refractivity contribution in [2.75, 3.05) is 17.3 Å². The van der Waals surface area contributed by atoms with Gasteiger partial charge in [-0.15, -0.1) is 0 Å². The number of carboxylic acid groups (broad SMARTS) is 1. The highest BCUT2D eigenvalue weighted by Crippen LogP contribution is 2.02. The molecule has 0 saturated heterocycles. The molecule has 3 N–H and O–H groups in total. The molecular weight excluding hydrogens is 258 g/mol. The van der Waals surface area contributed by atoms with Gasteiger partial charge in [-0.25, -0.2) is 14.3 Å². The van der Waals surface area contributed by atoms with Crippen molar-refractivity contribution in [1.82, 2.24) is 20.1 Å². The van der Waals surface area contributed by atoms with Gasteiger partial charge >= 0.3 is 12.0 Å². The second kappa shape index (κ2) is 6.84. The van der Waals surface area contributed by atoms with Gasteiger partial charge in [0.05, 0.1) is 0 Å². The van der Waals surface area contributed by atoms with E-state index in [2.05, 4.69) is 20.7 Å². The van der Waals surface area contributed by atoms with Crippen LogP contribution in [0.25, 0.3) is 0 Å². The average molecular weight is 273 g/mol. The van der Waals surface area contributed by atoms with Crippen molar-refractivity contribution in [2.24, 2.45) is 7.05 Å². The van der Waals surface area contributed by atoms with Crippen LogP contribution in [0.3, 0.4) is 0 Å². The lowest BCUT2D eigenvalue weighted by Crippen LogP contribution is -2.43. The van der Waals surface area contributed by atoms with E-state index < -0.39 is 18.0 Å². The molecule has 8 nitrogen and oxygen atoms in total. The summed E-state index contributed by atoms with van der Waals surface area (Å²) >= 11 is 1.52. The molecule has 0 aliphatic rings. The van der Waals surface area contributed by atoms with E-state index in [-0.39, 0.29) is 5.95 Å². The highest BCUT2D eigenvalue weighted by Gasteiger charge is 2.19. The second-order valence-electron chi connectivity index (χ2n) is 3.48. The minimum Gasteiger partial charge on any atom is -0.480 e. The first-order chi connectivity index (χ1) is 8.54. The van der Waals surface area contributed by atoms with Crippen LogP contribution in [0.2, 0.25) is 0 Å². The number of nitrogens with one attached hydrogen (secondary N) is 2. The number of carbonyl (C=O) groups excluding carboxylic acids is 1. The summed E-state index contributed by atoms with van der Waals surface area (Å²) in [6.07, 6.45) is 3.53. The van der Waals surface area contributed by atoms with Gasteiger partial charge in [-0.05, 0) is 18.4 Å². The maximum absolute atomic E-state index is 11.6. The number of urea groups is 1. The number of thioether (sulfide) groups is 1. The number of nitrogens with zero attached hydrogens (tertiary/aromatic N) is 3. The van der Waals surface area contributed by atoms with Crippen LogP contribution < -0.4 is 10.6 Å². The Bertz CT molecular complexity index is 422. The minimum atomic E-state index is -1.06. The van der Waals surface area contributed by atoms with E-state index in [1.165, 1.54) is 22.8 Å². The molecule has 0 aliphatic carbocycles. The molecule has 0 bridgehead atoms. The first kappa shape index (κ1) is 14.3. The van der Waals surface area contributed by atoms with Gasteiger partial charge in [0.2, 0.25) is 5.95 Å². The first-order valence-corrected chi connectivity index (χ1v) is 6.57. The lowest BCUT2D eigenvalue weighted by Gasteiger charge is -2.14. The fraction of sp³-hybridized carbons (Fsp3) is 0.556. The smallest absolute Gasteiger partial charge is 0.326 e. The van der Waals surface area contributed by atoms with E-state index in [9.17, 15) is 9.59 Å². The first-order valence-electron chi connectivity index (χ1n) is 5.18. The summed E-state index contributed by atoms with van der Waals surface area (Å²) in [6.45, 7) is 0. The Morgan fingerprint density at radius 1 is 1.61 bits per heavy atom. The van der Waals surface area contributed by atoms with Crippen LogP contribution in [-0.2, 0) is 11.8 Å². The summed E-state index contributed by atoms with van der Waals surface area (Å²) in [6, 6.07) is -1.52. The summed E-state index contributed by atoms with van der Waals surface area (Å²) in [4.78, 5) is 26.3. The molecule has 0 saturated carbocycles. The number of amides is 2. The maximum Gasteiger partial charge on any atom is 0.326 e. The second-order valence-corrected chi connectivity index (χ2v) is 4.46. The Labute approximate surface area is 108 Å². The Morgan fingerprint density at radius 3 is 2.83 bits per heavy atom. The monoisotopic (exact) mass is 273 g/mol. The molecule has 0 aromatic carbocycles. The van der Waals surface area contributed by atoms with Crippen LogP contribution in [0.15, 0.2) is 6.33 Å². The molecule has 100 valence electrons. The van der Waals surface area contributed by atoms with Gasteiger partial charge in [0, 0.05) is 7.05 Å². The highest BCUT2D eigenvalue weighted by atomic mass is 32.2. The van der Waals surface area contributed by atoms with E-state index >= 15 is 0 Å². The van der Waals surface area contributed by atoms with Crippen LogP contribution in [0.4, 0.5) is 10.7 Å². The van der Waals surface area contributed by atoms with Crippen molar-refractivity contribution >= 4 is 29.7 Å². The lowest BCUT2D eigenvalue weighted by atomic mass is 10.2. The standard InChI is InChI=1S/C9H15N5O3S/c1-14-8(10-5-11-14)13-9(17)12-6(7(15)16)3-4-18-2/h5-6H,3-4H2,1-2H3,(H,15,16)(H2,10,11,12,13,17)/t6-/m1/s1. The van der Waals surface area contributed by atoms with E-state index in [4.69, 9.17) is 5.11 Å². The Hall–Kier alpha value is -1.77. The third kappa shape index (κ3) is 4.24. The molecule has 1 aromatic heterocycles. The molecule has 0 fully saturated rings. The zero-order chi connectivity index (χ0) is 13.5. The normalized spacial score (nSPS) is 11.9. The lowest BCUT2D eigenvalue weighted by molar-refractivity contribution is -0.139. The number of carboxylic acids is 1. The number of rotatable bonds is 6. The SMILES string of the molecule is CSCC[C@@H](NC(=O)Nc1ncnn1C)C(=O)O. The van der Waals surface area contributed by atoms with Crippen LogP contribution in [0, 0.1) is 0 Å². The van der Waals surface area contributed by atoms with Crippen LogP contribution in [0.5, 0.6) is 0 Å². The molecule has 0 aliphatic heterocycles. The Morgan fingerprint density at radius 2 is 2.33 bits per heavy atom. The van der Waals surface area contributed by atoms with Crippen molar-refractivity contribution in [3.8, 4) is 0 Å². The molecule has 1 heterocycles. The van der Waals surface area contributed by atoms with Crippen LogP contribution in [0.1, 0.15) is 6.42 Å². The molecule has 18 heavy (non-hydrogen) atoms. The van der Waals surface area contributed by atoms with Crippen molar-refractivity contribution < 1.29 is 14.7 Å². The van der Waals surface area contributed by atoms with E-state index in [1.807, 2.05) is 6.26 Å². The van der Waals surface area contributed by atoms with Crippen molar-refractivity contribution in [3.63, 3.8) is 0 Å². The van der Waals surface area contributed by atoms with Crippen molar-refractivity contribution in [3.05, 3.63) is 6.33 Å². The molecule has 1 rings (SSSR count). The molecular formula is C9H15N5O3S.